The number of benzene rings is 3. The van der Waals surface area contributed by atoms with Crippen molar-refractivity contribution in [1.29, 1.82) is 5.53 Å². The van der Waals surface area contributed by atoms with E-state index in [0.717, 1.165) is 16.7 Å². The number of rotatable bonds is 28. The second-order valence-electron chi connectivity index (χ2n) is 23.3. The summed E-state index contributed by atoms with van der Waals surface area (Å²) in [6, 6.07) is 16.7. The maximum absolute atomic E-state index is 14.3. The first-order valence-electron chi connectivity index (χ1n) is 30.9. The van der Waals surface area contributed by atoms with Crippen LogP contribution in [-0.4, -0.2) is 195 Å². The molecule has 2 saturated heterocycles. The highest BCUT2D eigenvalue weighted by molar-refractivity contribution is 6.35. The lowest BCUT2D eigenvalue weighted by atomic mass is 9.80. The van der Waals surface area contributed by atoms with Crippen LogP contribution in [0.3, 0.4) is 0 Å². The Bertz CT molecular complexity index is 3190. The molecule has 0 radical (unpaired) electrons. The van der Waals surface area contributed by atoms with Gasteiger partial charge in [0.25, 0.3) is 0 Å². The van der Waals surface area contributed by atoms with Crippen molar-refractivity contribution in [1.82, 2.24) is 20.4 Å². The molecule has 26 heteroatoms. The van der Waals surface area contributed by atoms with E-state index in [1.54, 1.807) is 57.3 Å². The van der Waals surface area contributed by atoms with Crippen LogP contribution in [0.4, 0.5) is 16.2 Å². The van der Waals surface area contributed by atoms with E-state index in [2.05, 4.69) is 15.7 Å². The van der Waals surface area contributed by atoms with Crippen LogP contribution in [0.2, 0.25) is 5.02 Å². The van der Waals surface area contributed by atoms with Crippen molar-refractivity contribution in [3.63, 3.8) is 0 Å². The van der Waals surface area contributed by atoms with E-state index in [1.165, 1.54) is 35.8 Å². The average molecular weight is 1300 g/mol. The van der Waals surface area contributed by atoms with Gasteiger partial charge in [-0.05, 0) is 62.9 Å². The van der Waals surface area contributed by atoms with Gasteiger partial charge >= 0.3 is 12.1 Å². The molecule has 3 aromatic carbocycles. The number of nitrogens with one attached hydrogen (secondary N) is 3. The van der Waals surface area contributed by atoms with E-state index < -0.39 is 66.0 Å². The maximum atomic E-state index is 14.3. The molecule has 8 rings (SSSR count). The number of ether oxygens (including phenoxy) is 9. The van der Waals surface area contributed by atoms with Crippen molar-refractivity contribution in [2.45, 2.75) is 127 Å². The van der Waals surface area contributed by atoms with E-state index in [1.807, 2.05) is 61.5 Å². The Hall–Kier alpha value is -7.78. The number of allylic oxidation sites excluding steroid dienone is 3. The summed E-state index contributed by atoms with van der Waals surface area (Å²) in [5.41, 5.74) is 18.6. The number of fused-ring (bicyclic) bond motifs is 8. The number of alkyl carbamates (subject to hydrolysis) is 1. The number of likely N-dealkylation sites (N-methyl/N-ethyl adjacent to an activating group) is 2. The Morgan fingerprint density at radius 3 is 2.22 bits per heavy atom. The molecule has 2 fully saturated rings. The summed E-state index contributed by atoms with van der Waals surface area (Å²) in [6.07, 6.45) is 3.35. The van der Waals surface area contributed by atoms with Crippen molar-refractivity contribution in [2.75, 3.05) is 111 Å². The average Bonchev–Trinajstić information content (AvgIpc) is 0.795. The van der Waals surface area contributed by atoms with Crippen LogP contribution in [0.15, 0.2) is 89.6 Å². The highest BCUT2D eigenvalue weighted by Crippen LogP contribution is 2.44. The molecule has 2 unspecified atom stereocenters. The second kappa shape index (κ2) is 34.8. The summed E-state index contributed by atoms with van der Waals surface area (Å²) in [5, 5.41) is 9.59. The summed E-state index contributed by atoms with van der Waals surface area (Å²) in [7, 11) is 7.75. The Morgan fingerprint density at radius 2 is 1.53 bits per heavy atom. The number of esters is 1. The molecule has 0 spiro atoms. The van der Waals surface area contributed by atoms with Crippen molar-refractivity contribution in [2.24, 2.45) is 10.8 Å². The molecule has 0 aliphatic carbocycles. The number of carbonyl (C=O) groups is 7. The molecule has 5 N–H and O–H groups in total. The van der Waals surface area contributed by atoms with Gasteiger partial charge in [-0.2, -0.15) is 5.11 Å². The molecular weight excluding hydrogens is 1210 g/mol. The van der Waals surface area contributed by atoms with Gasteiger partial charge in [-0.3, -0.25) is 24.0 Å². The van der Waals surface area contributed by atoms with Gasteiger partial charge in [-0.15, -0.1) is 0 Å². The lowest BCUT2D eigenvalue weighted by Crippen LogP contribution is -2.64. The number of anilines is 2. The number of halogens is 1. The van der Waals surface area contributed by atoms with Gasteiger partial charge in [0.05, 0.1) is 108 Å². The quantitative estimate of drug-likeness (QED) is 0.0326. The second-order valence-corrected chi connectivity index (χ2v) is 23.6. The number of methoxy groups -OCH3 is 2. The van der Waals surface area contributed by atoms with Crippen molar-refractivity contribution < 1.29 is 76.2 Å². The highest BCUT2D eigenvalue weighted by Gasteiger charge is 2.55. The van der Waals surface area contributed by atoms with Crippen LogP contribution in [0.25, 0.3) is 11.4 Å². The van der Waals surface area contributed by atoms with Crippen LogP contribution in [-0.2, 0) is 79.6 Å². The fourth-order valence-electron chi connectivity index (χ4n) is 11.2. The molecule has 500 valence electrons. The molecule has 7 atom stereocenters. The van der Waals surface area contributed by atoms with Crippen LogP contribution in [0, 0.1) is 5.53 Å². The fourth-order valence-corrected chi connectivity index (χ4v) is 11.5. The number of hydrogen-bond acceptors (Lipinski definition) is 19. The lowest BCUT2D eigenvalue weighted by molar-refractivity contribution is -0.273. The maximum Gasteiger partial charge on any atom is 0.407 e. The van der Waals surface area contributed by atoms with Gasteiger partial charge < -0.3 is 78.6 Å². The predicted molar refractivity (Wildman–Crippen MR) is 342 cm³/mol. The van der Waals surface area contributed by atoms with Gasteiger partial charge in [0.15, 0.2) is 0 Å². The minimum atomic E-state index is -1.21. The summed E-state index contributed by atoms with van der Waals surface area (Å²) >= 11 is 6.82. The third-order valence-corrected chi connectivity index (χ3v) is 17.1. The Labute approximate surface area is 542 Å². The van der Waals surface area contributed by atoms with Gasteiger partial charge in [0, 0.05) is 91.0 Å². The van der Waals surface area contributed by atoms with Gasteiger partial charge in [0.1, 0.15) is 40.3 Å². The predicted octanol–water partition coefficient (Wildman–Crippen LogP) is 6.90. The number of nitrogens with zero attached hydrogens (tertiary/aromatic N) is 5. The molecule has 5 aliphatic heterocycles. The zero-order valence-corrected chi connectivity index (χ0v) is 54.6. The highest BCUT2D eigenvalue weighted by atomic mass is 35.5. The van der Waals surface area contributed by atoms with Crippen molar-refractivity contribution in [3.8, 4) is 5.75 Å². The number of nitrogens with two attached hydrogens (primary N) is 1. The van der Waals surface area contributed by atoms with Crippen molar-refractivity contribution in [3.05, 3.63) is 112 Å². The molecular formula is C66H88ClN9O16. The molecule has 5 heterocycles. The SMILES string of the molecule is COc1cc2cc(c1Cl)N(C)C(=O)C[C@H](OC(=O)[C@H](C)N(C)C(=O)CCCC(=O)N(C)CCOCCOCCOCCOCCC(=O)NCCC(=O)N1Cc3ccccc3/C(N)=C(/N=N)c3ccccc31)[C@@]1(C)CC(O1)[C@@H]1CC(NC(=O)O1)[C@H](OC)/C=C/C=C(/C)C2. The zero-order chi connectivity index (χ0) is 66.5. The Morgan fingerprint density at radius 1 is 0.880 bits per heavy atom. The monoisotopic (exact) mass is 1300 g/mol. The molecule has 3 aromatic rings. The normalized spacial score (nSPS) is 22.7. The van der Waals surface area contributed by atoms with E-state index in [0.29, 0.717) is 86.4 Å². The van der Waals surface area contributed by atoms with Gasteiger partial charge in [0.2, 0.25) is 29.5 Å². The summed E-state index contributed by atoms with van der Waals surface area (Å²) < 4.78 is 52.1. The molecule has 0 aromatic heterocycles. The van der Waals surface area contributed by atoms with Crippen LogP contribution >= 0.6 is 11.6 Å². The molecule has 6 bridgehead atoms. The molecule has 25 nitrogen and oxygen atoms in total. The summed E-state index contributed by atoms with van der Waals surface area (Å²) in [4.78, 5) is 99.7. The lowest BCUT2D eigenvalue weighted by Gasteiger charge is -2.52. The minimum absolute atomic E-state index is 0.0241. The minimum Gasteiger partial charge on any atom is -0.495 e. The zero-order valence-electron chi connectivity index (χ0n) is 53.8. The summed E-state index contributed by atoms with van der Waals surface area (Å²) in [5.74, 6) is -1.89. The number of hydrogen-bond donors (Lipinski definition) is 4. The number of para-hydroxylation sites is 1. The molecule has 5 aliphatic rings. The fraction of sp³-hybridized carbons (Fsp3) is 0.530. The smallest absolute Gasteiger partial charge is 0.407 e. The topological polar surface area (TPSA) is 302 Å². The first kappa shape index (κ1) is 71.7. The molecule has 0 saturated carbocycles. The largest absolute Gasteiger partial charge is 0.495 e. The van der Waals surface area contributed by atoms with Crippen LogP contribution < -0.4 is 30.9 Å². The van der Waals surface area contributed by atoms with E-state index >= 15 is 0 Å². The van der Waals surface area contributed by atoms with E-state index in [-0.39, 0.29) is 106 Å². The molecule has 6 amide bonds. The number of amides is 6. The van der Waals surface area contributed by atoms with E-state index in [9.17, 15) is 33.6 Å². The number of carbonyl (C=O) groups excluding carboxylic acids is 7. The van der Waals surface area contributed by atoms with Crippen molar-refractivity contribution >= 4 is 76.0 Å². The summed E-state index contributed by atoms with van der Waals surface area (Å²) in [6.45, 7) is 8.17. The third kappa shape index (κ3) is 19.4. The van der Waals surface area contributed by atoms with Gasteiger partial charge in [-0.25, -0.2) is 15.1 Å². The standard InChI is InChI=1S/C66H88ClN9O16/c1-42-15-13-20-51(84-7)48-38-52(90-65(83)71-48)54-40-66(3,92-54)55(39-60(81)75(6)50-36-44(35-42)37-53(85-8)61(50)67)91-64(82)43(2)74(5)58(79)22-14-21-57(78)73(4)26-28-87-30-32-89-34-33-88-31-29-86-27-24-56(77)70-25-23-59(80)76-41-45-16-9-10-17-46(45)62(68)63(72-69)47-18-11-12-19-49(47)76/h9-13,15-20,36-37,43,48,51-52,54-55,69H,14,21-35,38-41,68H2,1-8H3,(H,70,77)(H,71,83)/b20-13+,42-15-,63-62-,72-69?/t43-,48?,51+,52-,54?,55-,66+/m0/s1. The Balaban J connectivity index is 0.754. The Kier molecular flexibility index (Phi) is 27.1. The van der Waals surface area contributed by atoms with Crippen LogP contribution in [0.5, 0.6) is 5.75 Å². The van der Waals surface area contributed by atoms with E-state index in [4.69, 9.17) is 65.5 Å². The third-order valence-electron chi connectivity index (χ3n) is 16.8. The van der Waals surface area contributed by atoms with Crippen LogP contribution in [0.1, 0.15) is 94.4 Å². The first-order chi connectivity index (χ1) is 44.2. The van der Waals surface area contributed by atoms with Gasteiger partial charge in [-0.1, -0.05) is 77.9 Å². The first-order valence-corrected chi connectivity index (χ1v) is 31.3. The molecule has 92 heavy (non-hydrogen) atoms.